The predicted octanol–water partition coefficient (Wildman–Crippen LogP) is 8.73. The minimum atomic E-state index is 0.172. The van der Waals surface area contributed by atoms with Gasteiger partial charge < -0.3 is 5.11 Å². The van der Waals surface area contributed by atoms with E-state index in [4.69, 9.17) is 0 Å². The van der Waals surface area contributed by atoms with Crippen LogP contribution < -0.4 is 0 Å². The number of nitrogens with zero attached hydrogens (tertiary/aromatic N) is 2. The minimum absolute atomic E-state index is 0.172. The first-order valence-corrected chi connectivity index (χ1v) is 12.8. The summed E-state index contributed by atoms with van der Waals surface area (Å²) in [7, 11) is 0. The molecule has 0 unspecified atom stereocenters. The lowest BCUT2D eigenvalue weighted by atomic mass is 10.0. The Labute approximate surface area is 218 Å². The van der Waals surface area contributed by atoms with Crippen LogP contribution in [0.4, 0.5) is 0 Å². The highest BCUT2D eigenvalue weighted by atomic mass is 33.1. The Hall–Kier alpha value is -3.54. The predicted molar refractivity (Wildman–Crippen MR) is 158 cm³/mol. The molecule has 5 heteroatoms. The van der Waals surface area contributed by atoms with Gasteiger partial charge in [0.25, 0.3) is 0 Å². The van der Waals surface area contributed by atoms with Gasteiger partial charge in [-0.05, 0) is 41.5 Å². The van der Waals surface area contributed by atoms with E-state index >= 15 is 0 Å². The topological polar surface area (TPSA) is 46.0 Å². The Morgan fingerprint density at radius 3 is 1.83 bits per heavy atom. The van der Waals surface area contributed by atoms with Crippen LogP contribution in [0.5, 0.6) is 5.75 Å². The van der Waals surface area contributed by atoms with Gasteiger partial charge in [-0.3, -0.25) is 9.97 Å². The number of pyridine rings is 2. The van der Waals surface area contributed by atoms with Gasteiger partial charge in [-0.25, -0.2) is 0 Å². The first kappa shape index (κ1) is 27.7. The molecule has 0 aliphatic carbocycles. The number of hydrogen-bond acceptors (Lipinski definition) is 5. The summed E-state index contributed by atoms with van der Waals surface area (Å²) in [5.74, 6) is 0.172. The largest absolute Gasteiger partial charge is 0.508 e. The molecular weight excluding hydrogens is 468 g/mol. The molecule has 35 heavy (non-hydrogen) atoms. The van der Waals surface area contributed by atoms with Crippen LogP contribution in [-0.4, -0.2) is 15.1 Å². The number of benzene rings is 2. The Morgan fingerprint density at radius 1 is 0.743 bits per heavy atom. The van der Waals surface area contributed by atoms with E-state index in [-0.39, 0.29) is 5.75 Å². The number of hydrogen-bond donors (Lipinski definition) is 3. The second-order valence-corrected chi connectivity index (χ2v) is 7.06. The van der Waals surface area contributed by atoms with Crippen LogP contribution in [0.15, 0.2) is 117 Å². The lowest BCUT2D eigenvalue weighted by Gasteiger charge is -2.09. The van der Waals surface area contributed by atoms with E-state index < -0.39 is 0 Å². The summed E-state index contributed by atoms with van der Waals surface area (Å²) in [4.78, 5) is 9.19. The Balaban J connectivity index is 0.00000103. The molecule has 2 aromatic carbocycles. The van der Waals surface area contributed by atoms with Crippen molar-refractivity contribution in [3.63, 3.8) is 0 Å². The van der Waals surface area contributed by atoms with Crippen LogP contribution in [-0.2, 0) is 0 Å². The van der Waals surface area contributed by atoms with Gasteiger partial charge in [0.05, 0.1) is 11.4 Å². The molecule has 0 fully saturated rings. The van der Waals surface area contributed by atoms with Gasteiger partial charge in [-0.15, -0.1) is 23.3 Å². The number of aromatic hydroxyl groups is 1. The molecule has 0 aliphatic heterocycles. The van der Waals surface area contributed by atoms with Crippen molar-refractivity contribution >= 4 is 28.9 Å². The molecule has 0 spiro atoms. The fourth-order valence-electron chi connectivity index (χ4n) is 3.42. The maximum Gasteiger partial charge on any atom is 0.116 e. The van der Waals surface area contributed by atoms with Gasteiger partial charge in [-0.1, -0.05) is 87.7 Å². The molecule has 0 aliphatic rings. The molecule has 178 valence electrons. The molecule has 1 N–H and O–H groups in total. The smallest absolute Gasteiger partial charge is 0.116 e. The van der Waals surface area contributed by atoms with Crippen LogP contribution in [0.25, 0.3) is 39.2 Å². The van der Waals surface area contributed by atoms with Gasteiger partial charge in [0, 0.05) is 34.6 Å². The number of phenols is 1. The van der Waals surface area contributed by atoms with Crippen molar-refractivity contribution in [3.05, 3.63) is 122 Å². The fourth-order valence-corrected chi connectivity index (χ4v) is 3.42. The molecule has 0 saturated carbocycles. The molecule has 4 aromatic rings. The molecule has 0 radical (unpaired) electrons. The standard InChI is InChI=1S/C28H22N2O.C2H6.H2S2/c1-3-8-20(4-2)22-11-13-27(29-18-22)24-15-25(17-26(31)16-24)28-14-12-23(19-30-28)21-9-6-5-7-10-21;2*1-2/h3-19,31H,1-2H2;1-2H3;1-2H/b20-8+;;. The van der Waals surface area contributed by atoms with Crippen molar-refractivity contribution in [1.82, 2.24) is 9.97 Å². The number of phenolic OH excluding ortho intramolecular Hbond substituents is 1. The molecule has 0 atom stereocenters. The van der Waals surface area contributed by atoms with Crippen molar-refractivity contribution in [2.45, 2.75) is 13.8 Å². The monoisotopic (exact) mass is 498 g/mol. The highest BCUT2D eigenvalue weighted by Gasteiger charge is 2.08. The van der Waals surface area contributed by atoms with Crippen molar-refractivity contribution in [2.75, 3.05) is 0 Å². The molecule has 0 saturated heterocycles. The van der Waals surface area contributed by atoms with E-state index in [1.807, 2.05) is 74.7 Å². The maximum absolute atomic E-state index is 10.3. The summed E-state index contributed by atoms with van der Waals surface area (Å²) < 4.78 is 0. The van der Waals surface area contributed by atoms with E-state index in [1.54, 1.807) is 30.5 Å². The zero-order valence-electron chi connectivity index (χ0n) is 20.0. The van der Waals surface area contributed by atoms with Crippen molar-refractivity contribution in [2.24, 2.45) is 0 Å². The molecule has 4 rings (SSSR count). The van der Waals surface area contributed by atoms with E-state index in [0.717, 1.165) is 44.8 Å². The quantitative estimate of drug-likeness (QED) is 0.141. The van der Waals surface area contributed by atoms with Gasteiger partial charge in [0.15, 0.2) is 0 Å². The summed E-state index contributed by atoms with van der Waals surface area (Å²) in [5, 5.41) is 10.3. The lowest BCUT2D eigenvalue weighted by Crippen LogP contribution is -1.89. The highest BCUT2D eigenvalue weighted by molar-refractivity contribution is 8.59. The number of aromatic nitrogens is 2. The van der Waals surface area contributed by atoms with Crippen molar-refractivity contribution < 1.29 is 5.11 Å². The van der Waals surface area contributed by atoms with Gasteiger partial charge in [-0.2, -0.15) is 0 Å². The summed E-state index contributed by atoms with van der Waals surface area (Å²) >= 11 is 6.44. The molecule has 0 bridgehead atoms. The van der Waals surface area contributed by atoms with E-state index in [0.29, 0.717) is 0 Å². The molecule has 2 heterocycles. The normalized spacial score (nSPS) is 10.2. The lowest BCUT2D eigenvalue weighted by molar-refractivity contribution is 0.476. The average molecular weight is 499 g/mol. The molecule has 3 nitrogen and oxygen atoms in total. The SMILES string of the molecule is C=C/C=C(\C=C)c1ccc(-c2cc(O)cc(-c3ccc(-c4ccccc4)cn3)c2)nc1.CC.SS. The summed E-state index contributed by atoms with van der Waals surface area (Å²) in [6, 6.07) is 23.4. The zero-order valence-corrected chi connectivity index (χ0v) is 21.8. The molecule has 2 aromatic heterocycles. The molecular formula is C30H30N2OS2. The van der Waals surface area contributed by atoms with Crippen LogP contribution in [0, 0.1) is 0 Å². The Morgan fingerprint density at radius 2 is 1.34 bits per heavy atom. The van der Waals surface area contributed by atoms with Crippen LogP contribution in [0.2, 0.25) is 0 Å². The van der Waals surface area contributed by atoms with Gasteiger partial charge in [0.2, 0.25) is 0 Å². The van der Waals surface area contributed by atoms with Crippen molar-refractivity contribution in [1.29, 1.82) is 0 Å². The van der Waals surface area contributed by atoms with Crippen molar-refractivity contribution in [3.8, 4) is 39.4 Å². The van der Waals surface area contributed by atoms with Gasteiger partial charge in [0.1, 0.15) is 5.75 Å². The first-order valence-electron chi connectivity index (χ1n) is 11.2. The van der Waals surface area contributed by atoms with Crippen LogP contribution in [0.1, 0.15) is 19.4 Å². The second-order valence-electron chi connectivity index (χ2n) is 7.06. The third-order valence-corrected chi connectivity index (χ3v) is 4.99. The summed E-state index contributed by atoms with van der Waals surface area (Å²) in [6.45, 7) is 11.6. The Bertz CT molecular complexity index is 1250. The second kappa shape index (κ2) is 14.7. The third kappa shape index (κ3) is 7.47. The number of allylic oxidation sites excluding steroid dienone is 4. The van der Waals surface area contributed by atoms with Crippen LogP contribution >= 0.6 is 23.3 Å². The van der Waals surface area contributed by atoms with Crippen LogP contribution in [0.3, 0.4) is 0 Å². The fraction of sp³-hybridized carbons (Fsp3) is 0.0667. The van der Waals surface area contributed by atoms with E-state index in [2.05, 4.69) is 58.6 Å². The van der Waals surface area contributed by atoms with E-state index in [9.17, 15) is 5.11 Å². The third-order valence-electron chi connectivity index (χ3n) is 4.99. The van der Waals surface area contributed by atoms with Gasteiger partial charge >= 0.3 is 0 Å². The van der Waals surface area contributed by atoms with E-state index in [1.165, 1.54) is 0 Å². The number of rotatable bonds is 6. The number of thiol groups is 2. The average Bonchev–Trinajstić information content (AvgIpc) is 2.94. The minimum Gasteiger partial charge on any atom is -0.508 e. The Kier molecular flexibility index (Phi) is 11.6. The summed E-state index contributed by atoms with van der Waals surface area (Å²) in [6.07, 6.45) is 9.03. The first-order chi connectivity index (χ1) is 17.2. The highest BCUT2D eigenvalue weighted by Crippen LogP contribution is 2.30. The summed E-state index contributed by atoms with van der Waals surface area (Å²) in [5.41, 5.74) is 7.28. The maximum atomic E-state index is 10.3. The zero-order chi connectivity index (χ0) is 25.6. The molecule has 0 amide bonds.